The topological polar surface area (TPSA) is 90.4 Å². The molecule has 120 valence electrons. The summed E-state index contributed by atoms with van der Waals surface area (Å²) in [4.78, 5) is 12.2. The van der Waals surface area contributed by atoms with Crippen LogP contribution >= 0.6 is 0 Å². The molecule has 24 heavy (non-hydrogen) atoms. The van der Waals surface area contributed by atoms with E-state index in [0.717, 1.165) is 41.3 Å². The standard InChI is InChI=1S/C18H16N4O2/c23-16-9-8-11-4-1-2-5-12(11)14(16)10-19-22-18(24)17-13-6-3-7-15(13)20-21-17/h1-2,4-5,8-10,23H,3,6-7H2,(H,20,21)(H,22,24). The van der Waals surface area contributed by atoms with Gasteiger partial charge in [-0.25, -0.2) is 5.43 Å². The second kappa shape index (κ2) is 5.81. The van der Waals surface area contributed by atoms with Crippen molar-refractivity contribution >= 4 is 22.9 Å². The molecule has 0 saturated heterocycles. The van der Waals surface area contributed by atoms with Gasteiger partial charge >= 0.3 is 0 Å². The maximum absolute atomic E-state index is 12.2. The van der Waals surface area contributed by atoms with Crippen LogP contribution in [-0.2, 0) is 12.8 Å². The van der Waals surface area contributed by atoms with Crippen LogP contribution in [0.25, 0.3) is 10.8 Å². The van der Waals surface area contributed by atoms with Crippen LogP contribution in [0.15, 0.2) is 41.5 Å². The Labute approximate surface area is 138 Å². The first kappa shape index (κ1) is 14.4. The highest BCUT2D eigenvalue weighted by Crippen LogP contribution is 2.25. The van der Waals surface area contributed by atoms with Gasteiger partial charge in [0.05, 0.1) is 6.21 Å². The molecule has 0 unspecified atom stereocenters. The van der Waals surface area contributed by atoms with Crippen molar-refractivity contribution in [3.05, 3.63) is 58.9 Å². The highest BCUT2D eigenvalue weighted by molar-refractivity contribution is 6.03. The SMILES string of the molecule is O=C(NN=Cc1c(O)ccc2ccccc12)c1n[nH]c2c1CCC2. The first-order valence-electron chi connectivity index (χ1n) is 7.84. The number of aromatic hydroxyl groups is 1. The Morgan fingerprint density at radius 1 is 1.25 bits per heavy atom. The molecule has 2 aromatic carbocycles. The summed E-state index contributed by atoms with van der Waals surface area (Å²) in [6.45, 7) is 0. The van der Waals surface area contributed by atoms with Crippen molar-refractivity contribution in [1.82, 2.24) is 15.6 Å². The minimum Gasteiger partial charge on any atom is -0.507 e. The van der Waals surface area contributed by atoms with E-state index in [1.807, 2.05) is 30.3 Å². The quantitative estimate of drug-likeness (QED) is 0.511. The molecule has 1 heterocycles. The van der Waals surface area contributed by atoms with Crippen LogP contribution in [0.4, 0.5) is 0 Å². The molecule has 0 bridgehead atoms. The third kappa shape index (κ3) is 2.42. The van der Waals surface area contributed by atoms with Crippen molar-refractivity contribution in [2.75, 3.05) is 0 Å². The monoisotopic (exact) mass is 320 g/mol. The van der Waals surface area contributed by atoms with Crippen LogP contribution in [0, 0.1) is 0 Å². The summed E-state index contributed by atoms with van der Waals surface area (Å²) in [5.41, 5.74) is 5.49. The van der Waals surface area contributed by atoms with E-state index in [2.05, 4.69) is 20.7 Å². The van der Waals surface area contributed by atoms with Gasteiger partial charge in [-0.05, 0) is 36.1 Å². The zero-order valence-electron chi connectivity index (χ0n) is 12.9. The molecule has 0 spiro atoms. The third-order valence-corrected chi connectivity index (χ3v) is 4.33. The van der Waals surface area contributed by atoms with Gasteiger partial charge in [-0.3, -0.25) is 9.89 Å². The average molecular weight is 320 g/mol. The number of aromatic nitrogens is 2. The van der Waals surface area contributed by atoms with Crippen molar-refractivity contribution in [3.8, 4) is 5.75 Å². The molecule has 3 aromatic rings. The van der Waals surface area contributed by atoms with Crippen LogP contribution in [0.1, 0.15) is 33.7 Å². The number of hydrazone groups is 1. The number of phenolic OH excluding ortho intramolecular Hbond substituents is 1. The minimum atomic E-state index is -0.342. The molecular formula is C18H16N4O2. The van der Waals surface area contributed by atoms with Crippen LogP contribution in [0.5, 0.6) is 5.75 Å². The Morgan fingerprint density at radius 2 is 2.12 bits per heavy atom. The van der Waals surface area contributed by atoms with Gasteiger partial charge in [0.2, 0.25) is 0 Å². The number of H-pyrrole nitrogens is 1. The number of phenols is 1. The lowest BCUT2D eigenvalue weighted by molar-refractivity contribution is 0.0949. The zero-order valence-corrected chi connectivity index (χ0v) is 12.9. The lowest BCUT2D eigenvalue weighted by Gasteiger charge is -2.04. The van der Waals surface area contributed by atoms with Crippen molar-refractivity contribution in [2.45, 2.75) is 19.3 Å². The van der Waals surface area contributed by atoms with Gasteiger partial charge in [0.15, 0.2) is 5.69 Å². The lowest BCUT2D eigenvalue weighted by atomic mass is 10.0. The van der Waals surface area contributed by atoms with E-state index in [0.29, 0.717) is 11.3 Å². The highest BCUT2D eigenvalue weighted by Gasteiger charge is 2.22. The molecule has 1 amide bonds. The summed E-state index contributed by atoms with van der Waals surface area (Å²) in [5.74, 6) is -0.224. The first-order valence-corrected chi connectivity index (χ1v) is 7.84. The van der Waals surface area contributed by atoms with Gasteiger partial charge in [-0.15, -0.1) is 0 Å². The number of amides is 1. The number of aryl methyl sites for hydroxylation is 1. The number of nitrogens with zero attached hydrogens (tertiary/aromatic N) is 2. The Hall–Kier alpha value is -3.15. The minimum absolute atomic E-state index is 0.118. The summed E-state index contributed by atoms with van der Waals surface area (Å²) in [6.07, 6.45) is 4.30. The molecule has 3 N–H and O–H groups in total. The molecule has 4 rings (SSSR count). The van der Waals surface area contributed by atoms with Crippen molar-refractivity contribution in [1.29, 1.82) is 0 Å². The van der Waals surface area contributed by atoms with Gasteiger partial charge in [-0.1, -0.05) is 30.3 Å². The largest absolute Gasteiger partial charge is 0.507 e. The summed E-state index contributed by atoms with van der Waals surface area (Å²) < 4.78 is 0. The van der Waals surface area contributed by atoms with E-state index in [1.54, 1.807) is 6.07 Å². The fraction of sp³-hybridized carbons (Fsp3) is 0.167. The molecule has 0 saturated carbocycles. The Morgan fingerprint density at radius 3 is 3.04 bits per heavy atom. The summed E-state index contributed by atoms with van der Waals surface area (Å²) in [6, 6.07) is 11.1. The van der Waals surface area contributed by atoms with Crippen molar-refractivity contribution < 1.29 is 9.90 Å². The van der Waals surface area contributed by atoms with Crippen molar-refractivity contribution in [2.24, 2.45) is 5.10 Å². The number of nitrogens with one attached hydrogen (secondary N) is 2. The van der Waals surface area contributed by atoms with E-state index in [9.17, 15) is 9.90 Å². The van der Waals surface area contributed by atoms with Gasteiger partial charge in [0, 0.05) is 16.8 Å². The van der Waals surface area contributed by atoms with Crippen LogP contribution in [0.2, 0.25) is 0 Å². The van der Waals surface area contributed by atoms with Crippen LogP contribution in [-0.4, -0.2) is 27.4 Å². The number of hydrogen-bond donors (Lipinski definition) is 3. The lowest BCUT2D eigenvalue weighted by Crippen LogP contribution is -2.19. The summed E-state index contributed by atoms with van der Waals surface area (Å²) in [5, 5.41) is 22.9. The van der Waals surface area contributed by atoms with Gasteiger partial charge in [0.1, 0.15) is 5.75 Å². The number of rotatable bonds is 3. The molecular weight excluding hydrogens is 304 g/mol. The number of hydrogen-bond acceptors (Lipinski definition) is 4. The van der Waals surface area contributed by atoms with E-state index in [4.69, 9.17) is 0 Å². The first-order chi connectivity index (χ1) is 11.7. The fourth-order valence-electron chi connectivity index (χ4n) is 3.14. The molecule has 0 fully saturated rings. The highest BCUT2D eigenvalue weighted by atomic mass is 16.3. The van der Waals surface area contributed by atoms with Crippen LogP contribution in [0.3, 0.4) is 0 Å². The molecule has 0 atom stereocenters. The molecule has 0 radical (unpaired) electrons. The molecule has 6 heteroatoms. The predicted molar refractivity (Wildman–Crippen MR) is 91.3 cm³/mol. The predicted octanol–water partition coefficient (Wildman–Crippen LogP) is 2.52. The summed E-state index contributed by atoms with van der Waals surface area (Å²) >= 11 is 0. The molecule has 6 nitrogen and oxygen atoms in total. The van der Waals surface area contributed by atoms with Gasteiger partial charge < -0.3 is 5.11 Å². The normalized spacial score (nSPS) is 13.5. The second-order valence-corrected chi connectivity index (χ2v) is 5.80. The average Bonchev–Trinajstić information content (AvgIpc) is 3.20. The molecule has 1 aliphatic carbocycles. The maximum Gasteiger partial charge on any atom is 0.292 e. The Bertz CT molecular complexity index is 959. The number of aromatic amines is 1. The van der Waals surface area contributed by atoms with Crippen molar-refractivity contribution in [3.63, 3.8) is 0 Å². The third-order valence-electron chi connectivity index (χ3n) is 4.33. The number of carbonyl (C=O) groups is 1. The number of fused-ring (bicyclic) bond motifs is 2. The zero-order chi connectivity index (χ0) is 16.5. The van der Waals surface area contributed by atoms with E-state index in [1.165, 1.54) is 6.21 Å². The Balaban J connectivity index is 1.58. The number of carbonyl (C=O) groups excluding carboxylic acids is 1. The molecule has 1 aliphatic rings. The smallest absolute Gasteiger partial charge is 0.292 e. The molecule has 1 aromatic heterocycles. The summed E-state index contributed by atoms with van der Waals surface area (Å²) in [7, 11) is 0. The Kier molecular flexibility index (Phi) is 3.49. The molecule has 0 aliphatic heterocycles. The van der Waals surface area contributed by atoms with Gasteiger partial charge in [-0.2, -0.15) is 10.2 Å². The number of benzene rings is 2. The van der Waals surface area contributed by atoms with E-state index in [-0.39, 0.29) is 11.7 Å². The van der Waals surface area contributed by atoms with Crippen LogP contribution < -0.4 is 5.43 Å². The second-order valence-electron chi connectivity index (χ2n) is 5.80. The van der Waals surface area contributed by atoms with E-state index < -0.39 is 0 Å². The fourth-order valence-corrected chi connectivity index (χ4v) is 3.14. The van der Waals surface area contributed by atoms with E-state index >= 15 is 0 Å². The maximum atomic E-state index is 12.2. The van der Waals surface area contributed by atoms with Gasteiger partial charge in [0.25, 0.3) is 5.91 Å².